The van der Waals surface area contributed by atoms with Crippen molar-refractivity contribution in [3.8, 4) is 11.5 Å². The summed E-state index contributed by atoms with van der Waals surface area (Å²) in [7, 11) is 1.70. The van der Waals surface area contributed by atoms with Gasteiger partial charge in [-0.2, -0.15) is 0 Å². The van der Waals surface area contributed by atoms with Crippen molar-refractivity contribution in [1.29, 1.82) is 0 Å². The maximum Gasteiger partial charge on any atom is 0.166 e. The van der Waals surface area contributed by atoms with Crippen molar-refractivity contribution in [1.82, 2.24) is 0 Å². The van der Waals surface area contributed by atoms with E-state index in [0.717, 1.165) is 17.9 Å². The Labute approximate surface area is 116 Å². The molecule has 1 unspecified atom stereocenters. The topological polar surface area (TPSA) is 44.5 Å². The first-order valence-electron chi connectivity index (χ1n) is 6.38. The van der Waals surface area contributed by atoms with Crippen LogP contribution in [0.15, 0.2) is 10.5 Å². The molecule has 1 aliphatic carbocycles. The lowest BCUT2D eigenvalue weighted by molar-refractivity contribution is 0.243. The minimum Gasteiger partial charge on any atom is -0.493 e. The molecule has 1 saturated carbocycles. The number of methoxy groups -OCH3 is 1. The van der Waals surface area contributed by atoms with Crippen molar-refractivity contribution in [2.75, 3.05) is 13.7 Å². The Kier molecular flexibility index (Phi) is 2.83. The van der Waals surface area contributed by atoms with Crippen molar-refractivity contribution in [2.45, 2.75) is 37.7 Å². The van der Waals surface area contributed by atoms with Crippen LogP contribution in [0.3, 0.4) is 0 Å². The summed E-state index contributed by atoms with van der Waals surface area (Å²) < 4.78 is 12.5. The summed E-state index contributed by atoms with van der Waals surface area (Å²) >= 11 is 3.75. The van der Waals surface area contributed by atoms with Crippen LogP contribution < -0.4 is 15.2 Å². The Morgan fingerprint density at radius 1 is 1.56 bits per heavy atom. The molecule has 2 aliphatic rings. The van der Waals surface area contributed by atoms with Crippen LogP contribution in [0, 0.1) is 0 Å². The molecule has 3 nitrogen and oxygen atoms in total. The molecule has 0 amide bonds. The van der Waals surface area contributed by atoms with Gasteiger partial charge >= 0.3 is 0 Å². The first kappa shape index (κ1) is 12.3. The molecule has 4 heteroatoms. The van der Waals surface area contributed by atoms with E-state index in [1.165, 1.54) is 28.4 Å². The van der Waals surface area contributed by atoms with Crippen LogP contribution in [-0.4, -0.2) is 19.8 Å². The third-order valence-electron chi connectivity index (χ3n) is 4.12. The SMILES string of the molecule is COc1cc(C2(CN)CC2)c(Br)c2c1OC(C)C2. The summed E-state index contributed by atoms with van der Waals surface area (Å²) in [4.78, 5) is 0. The van der Waals surface area contributed by atoms with Crippen LogP contribution in [0.5, 0.6) is 11.5 Å². The van der Waals surface area contributed by atoms with Gasteiger partial charge < -0.3 is 15.2 Å². The van der Waals surface area contributed by atoms with Gasteiger partial charge in [-0.05, 0) is 31.4 Å². The Hall–Kier alpha value is -0.740. The second kappa shape index (κ2) is 4.14. The molecule has 0 aromatic heterocycles. The summed E-state index contributed by atoms with van der Waals surface area (Å²) in [5.74, 6) is 1.74. The van der Waals surface area contributed by atoms with Crippen molar-refractivity contribution in [3.63, 3.8) is 0 Å². The number of ether oxygens (including phenoxy) is 2. The molecular formula is C14H18BrNO2. The molecule has 1 fully saturated rings. The second-order valence-electron chi connectivity index (χ2n) is 5.37. The Morgan fingerprint density at radius 3 is 2.83 bits per heavy atom. The molecular weight excluding hydrogens is 294 g/mol. The van der Waals surface area contributed by atoms with Gasteiger partial charge in [0.1, 0.15) is 6.10 Å². The zero-order valence-corrected chi connectivity index (χ0v) is 12.3. The molecule has 1 aromatic carbocycles. The van der Waals surface area contributed by atoms with Gasteiger partial charge in [-0.3, -0.25) is 0 Å². The van der Waals surface area contributed by atoms with E-state index in [1.54, 1.807) is 7.11 Å². The number of nitrogens with two attached hydrogens (primary N) is 1. The maximum absolute atomic E-state index is 5.94. The lowest BCUT2D eigenvalue weighted by Gasteiger charge is -2.19. The molecule has 98 valence electrons. The van der Waals surface area contributed by atoms with Crippen molar-refractivity contribution < 1.29 is 9.47 Å². The maximum atomic E-state index is 5.94. The number of benzene rings is 1. The Morgan fingerprint density at radius 2 is 2.28 bits per heavy atom. The predicted octanol–water partition coefficient (Wildman–Crippen LogP) is 2.77. The lowest BCUT2D eigenvalue weighted by Crippen LogP contribution is -2.20. The zero-order valence-electron chi connectivity index (χ0n) is 10.8. The standard InChI is InChI=1S/C14H18BrNO2/c1-8-5-9-12(15)10(14(7-16)3-4-14)6-11(17-2)13(9)18-8/h6,8H,3-5,7,16H2,1-2H3. The fourth-order valence-electron chi connectivity index (χ4n) is 2.78. The van der Waals surface area contributed by atoms with Crippen LogP contribution >= 0.6 is 15.9 Å². The largest absolute Gasteiger partial charge is 0.493 e. The van der Waals surface area contributed by atoms with Crippen LogP contribution in [0.25, 0.3) is 0 Å². The van der Waals surface area contributed by atoms with E-state index in [0.29, 0.717) is 6.54 Å². The summed E-state index contributed by atoms with van der Waals surface area (Å²) in [5.41, 5.74) is 8.62. The van der Waals surface area contributed by atoms with Crippen molar-refractivity contribution in [3.05, 3.63) is 21.7 Å². The van der Waals surface area contributed by atoms with Crippen LogP contribution in [0.1, 0.15) is 30.9 Å². The van der Waals surface area contributed by atoms with E-state index in [1.807, 2.05) is 0 Å². The molecule has 2 N–H and O–H groups in total. The average molecular weight is 312 g/mol. The molecule has 18 heavy (non-hydrogen) atoms. The fraction of sp³-hybridized carbons (Fsp3) is 0.571. The van der Waals surface area contributed by atoms with Crippen molar-refractivity contribution >= 4 is 15.9 Å². The third-order valence-corrected chi connectivity index (χ3v) is 5.03. The average Bonchev–Trinajstić information content (AvgIpc) is 3.06. The van der Waals surface area contributed by atoms with E-state index in [4.69, 9.17) is 15.2 Å². The van der Waals surface area contributed by atoms with Crippen LogP contribution in [0.4, 0.5) is 0 Å². The minimum atomic E-state index is 0.160. The highest BCUT2D eigenvalue weighted by molar-refractivity contribution is 9.10. The van der Waals surface area contributed by atoms with Gasteiger partial charge in [-0.1, -0.05) is 15.9 Å². The molecule has 0 radical (unpaired) electrons. The number of hydrogen-bond acceptors (Lipinski definition) is 3. The summed E-state index contributed by atoms with van der Waals surface area (Å²) in [6, 6.07) is 2.10. The van der Waals surface area contributed by atoms with E-state index in [-0.39, 0.29) is 11.5 Å². The molecule has 1 atom stereocenters. The number of fused-ring (bicyclic) bond motifs is 1. The van der Waals surface area contributed by atoms with Gasteiger partial charge in [0.25, 0.3) is 0 Å². The van der Waals surface area contributed by atoms with Gasteiger partial charge in [0, 0.05) is 28.4 Å². The zero-order chi connectivity index (χ0) is 12.9. The second-order valence-corrected chi connectivity index (χ2v) is 6.16. The normalized spacial score (nSPS) is 23.4. The number of halogens is 1. The molecule has 3 rings (SSSR count). The summed E-state index contributed by atoms with van der Waals surface area (Å²) in [5, 5.41) is 0. The molecule has 1 aliphatic heterocycles. The van der Waals surface area contributed by atoms with Crippen molar-refractivity contribution in [2.24, 2.45) is 5.73 Å². The first-order chi connectivity index (χ1) is 8.61. The Balaban J connectivity index is 2.15. The lowest BCUT2D eigenvalue weighted by atomic mass is 9.93. The van der Waals surface area contributed by atoms with Crippen LogP contribution in [0.2, 0.25) is 0 Å². The molecule has 0 saturated heterocycles. The molecule has 1 aromatic rings. The smallest absolute Gasteiger partial charge is 0.166 e. The summed E-state index contributed by atoms with van der Waals surface area (Å²) in [6.07, 6.45) is 3.48. The van der Waals surface area contributed by atoms with Gasteiger partial charge in [-0.25, -0.2) is 0 Å². The quantitative estimate of drug-likeness (QED) is 0.933. The van der Waals surface area contributed by atoms with E-state index < -0.39 is 0 Å². The molecule has 0 spiro atoms. The predicted molar refractivity (Wildman–Crippen MR) is 74.5 cm³/mol. The van der Waals surface area contributed by atoms with Gasteiger partial charge in [0.05, 0.1) is 7.11 Å². The van der Waals surface area contributed by atoms with E-state index >= 15 is 0 Å². The van der Waals surface area contributed by atoms with E-state index in [2.05, 4.69) is 28.9 Å². The van der Waals surface area contributed by atoms with Gasteiger partial charge in [0.2, 0.25) is 0 Å². The number of rotatable bonds is 3. The highest BCUT2D eigenvalue weighted by atomic mass is 79.9. The first-order valence-corrected chi connectivity index (χ1v) is 7.17. The highest BCUT2D eigenvalue weighted by Crippen LogP contribution is 2.54. The monoisotopic (exact) mass is 311 g/mol. The summed E-state index contributed by atoms with van der Waals surface area (Å²) in [6.45, 7) is 2.78. The van der Waals surface area contributed by atoms with E-state index in [9.17, 15) is 0 Å². The highest BCUT2D eigenvalue weighted by Gasteiger charge is 2.46. The van der Waals surface area contributed by atoms with Crippen LogP contribution in [-0.2, 0) is 11.8 Å². The number of hydrogen-bond donors (Lipinski definition) is 1. The minimum absolute atomic E-state index is 0.160. The molecule has 0 bridgehead atoms. The molecule has 1 heterocycles. The van der Waals surface area contributed by atoms with Gasteiger partial charge in [-0.15, -0.1) is 0 Å². The Bertz CT molecular complexity index is 497. The third kappa shape index (κ3) is 1.66. The fourth-order valence-corrected chi connectivity index (χ4v) is 3.66. The van der Waals surface area contributed by atoms with Gasteiger partial charge in [0.15, 0.2) is 11.5 Å².